The molecular formula is C14H22BNO2. The first kappa shape index (κ1) is 13.6. The van der Waals surface area contributed by atoms with Gasteiger partial charge in [-0.05, 0) is 49.3 Å². The first-order chi connectivity index (χ1) is 8.66. The average molecular weight is 247 g/mol. The van der Waals surface area contributed by atoms with E-state index in [9.17, 15) is 10.0 Å². The molecule has 2 N–H and O–H groups in total. The van der Waals surface area contributed by atoms with E-state index in [0.29, 0.717) is 5.46 Å². The molecule has 1 atom stereocenters. The van der Waals surface area contributed by atoms with Crippen LogP contribution in [0, 0.1) is 5.92 Å². The van der Waals surface area contributed by atoms with Crippen LogP contribution in [0.2, 0.25) is 0 Å². The fourth-order valence-corrected chi connectivity index (χ4v) is 2.65. The van der Waals surface area contributed by atoms with Crippen molar-refractivity contribution >= 4 is 12.6 Å². The van der Waals surface area contributed by atoms with Crippen LogP contribution in [0.3, 0.4) is 0 Å². The van der Waals surface area contributed by atoms with Crippen molar-refractivity contribution in [3.8, 4) is 0 Å². The Hall–Kier alpha value is -0.835. The van der Waals surface area contributed by atoms with Gasteiger partial charge >= 0.3 is 7.12 Å². The molecule has 0 aromatic heterocycles. The molecule has 0 saturated carbocycles. The number of hydrogen-bond acceptors (Lipinski definition) is 3. The molecule has 0 amide bonds. The summed E-state index contributed by atoms with van der Waals surface area (Å²) < 4.78 is 0. The van der Waals surface area contributed by atoms with Crippen molar-refractivity contribution in [3.63, 3.8) is 0 Å². The van der Waals surface area contributed by atoms with Crippen molar-refractivity contribution in [2.24, 2.45) is 5.92 Å². The normalized spacial score (nSPS) is 21.6. The van der Waals surface area contributed by atoms with E-state index < -0.39 is 7.12 Å². The summed E-state index contributed by atoms with van der Waals surface area (Å²) in [5, 5.41) is 18.7. The summed E-state index contributed by atoms with van der Waals surface area (Å²) in [6.07, 6.45) is 3.79. The molecule has 3 nitrogen and oxygen atoms in total. The van der Waals surface area contributed by atoms with Crippen molar-refractivity contribution in [2.45, 2.75) is 32.7 Å². The minimum absolute atomic E-state index is 0.634. The quantitative estimate of drug-likeness (QED) is 0.783. The molecule has 1 aliphatic rings. The highest BCUT2D eigenvalue weighted by Crippen LogP contribution is 2.17. The smallest absolute Gasteiger partial charge is 0.423 e. The third-order valence-corrected chi connectivity index (χ3v) is 3.84. The highest BCUT2D eigenvalue weighted by molar-refractivity contribution is 6.59. The molecule has 1 aromatic rings. The summed E-state index contributed by atoms with van der Waals surface area (Å²) in [5.41, 5.74) is 1.66. The predicted octanol–water partition coefficient (Wildman–Crippen LogP) is 0.988. The Labute approximate surface area is 110 Å². The summed E-state index contributed by atoms with van der Waals surface area (Å²) in [4.78, 5) is 2.42. The minimum atomic E-state index is -1.37. The minimum Gasteiger partial charge on any atom is -0.423 e. The molecule has 1 unspecified atom stereocenters. The fourth-order valence-electron chi connectivity index (χ4n) is 2.65. The van der Waals surface area contributed by atoms with Gasteiger partial charge in [0.1, 0.15) is 0 Å². The summed E-state index contributed by atoms with van der Waals surface area (Å²) in [5.74, 6) is 0.814. The van der Waals surface area contributed by atoms with Crippen LogP contribution >= 0.6 is 0 Å². The zero-order valence-corrected chi connectivity index (χ0v) is 11.0. The number of benzene rings is 1. The highest BCUT2D eigenvalue weighted by atomic mass is 16.4. The molecule has 0 aliphatic carbocycles. The van der Waals surface area contributed by atoms with E-state index in [-0.39, 0.29) is 0 Å². The first-order valence-corrected chi connectivity index (χ1v) is 6.83. The third-order valence-electron chi connectivity index (χ3n) is 3.84. The van der Waals surface area contributed by atoms with Crippen molar-refractivity contribution in [1.29, 1.82) is 0 Å². The Bertz CT molecular complexity index is 384. The second kappa shape index (κ2) is 6.37. The number of likely N-dealkylation sites (tertiary alicyclic amines) is 1. The summed E-state index contributed by atoms with van der Waals surface area (Å²) in [7, 11) is -1.37. The van der Waals surface area contributed by atoms with Crippen LogP contribution in [0.5, 0.6) is 0 Å². The molecule has 1 heterocycles. The SMILES string of the molecule is CC1CCCN(Cc2ccccc2B(O)O)CC1. The van der Waals surface area contributed by atoms with Gasteiger partial charge in [0.05, 0.1) is 0 Å². The standard InChI is InChI=1S/C14H22BNO2/c1-12-5-4-9-16(10-8-12)11-13-6-2-3-7-14(13)15(17)18/h2-3,6-7,12,17-18H,4-5,8-11H2,1H3. The molecule has 1 fully saturated rings. The lowest BCUT2D eigenvalue weighted by atomic mass is 9.77. The lowest BCUT2D eigenvalue weighted by Gasteiger charge is -2.21. The lowest BCUT2D eigenvalue weighted by molar-refractivity contribution is 0.274. The Morgan fingerprint density at radius 2 is 2.00 bits per heavy atom. The Kier molecular flexibility index (Phi) is 4.81. The van der Waals surface area contributed by atoms with Gasteiger partial charge in [-0.15, -0.1) is 0 Å². The molecule has 1 saturated heterocycles. The van der Waals surface area contributed by atoms with E-state index >= 15 is 0 Å². The van der Waals surface area contributed by atoms with Gasteiger partial charge in [-0.3, -0.25) is 4.90 Å². The van der Waals surface area contributed by atoms with Crippen LogP contribution in [-0.4, -0.2) is 35.2 Å². The Balaban J connectivity index is 2.04. The van der Waals surface area contributed by atoms with Crippen molar-refractivity contribution in [2.75, 3.05) is 13.1 Å². The molecule has 2 rings (SSSR count). The Morgan fingerprint density at radius 3 is 2.78 bits per heavy atom. The van der Waals surface area contributed by atoms with Crippen LogP contribution < -0.4 is 5.46 Å². The van der Waals surface area contributed by atoms with E-state index in [0.717, 1.165) is 31.1 Å². The lowest BCUT2D eigenvalue weighted by Crippen LogP contribution is -2.36. The van der Waals surface area contributed by atoms with Gasteiger partial charge < -0.3 is 10.0 Å². The highest BCUT2D eigenvalue weighted by Gasteiger charge is 2.18. The van der Waals surface area contributed by atoms with Gasteiger partial charge in [0.15, 0.2) is 0 Å². The van der Waals surface area contributed by atoms with Gasteiger partial charge in [0.25, 0.3) is 0 Å². The molecule has 0 spiro atoms. The van der Waals surface area contributed by atoms with Crippen LogP contribution in [0.25, 0.3) is 0 Å². The number of nitrogens with zero attached hydrogens (tertiary/aromatic N) is 1. The maximum Gasteiger partial charge on any atom is 0.488 e. The van der Waals surface area contributed by atoms with Gasteiger partial charge in [-0.25, -0.2) is 0 Å². The molecule has 18 heavy (non-hydrogen) atoms. The largest absolute Gasteiger partial charge is 0.488 e. The van der Waals surface area contributed by atoms with Crippen LogP contribution in [0.15, 0.2) is 24.3 Å². The van der Waals surface area contributed by atoms with E-state index in [4.69, 9.17) is 0 Å². The van der Waals surface area contributed by atoms with Crippen LogP contribution in [-0.2, 0) is 6.54 Å². The number of rotatable bonds is 3. The van der Waals surface area contributed by atoms with Gasteiger partial charge in [0.2, 0.25) is 0 Å². The molecule has 0 bridgehead atoms. The van der Waals surface area contributed by atoms with Crippen molar-refractivity contribution < 1.29 is 10.0 Å². The first-order valence-electron chi connectivity index (χ1n) is 6.83. The van der Waals surface area contributed by atoms with E-state index in [2.05, 4.69) is 11.8 Å². The maximum absolute atomic E-state index is 9.37. The predicted molar refractivity (Wildman–Crippen MR) is 74.6 cm³/mol. The van der Waals surface area contributed by atoms with Gasteiger partial charge in [-0.2, -0.15) is 0 Å². The molecule has 1 aliphatic heterocycles. The molecule has 1 aromatic carbocycles. The van der Waals surface area contributed by atoms with Crippen LogP contribution in [0.1, 0.15) is 31.7 Å². The van der Waals surface area contributed by atoms with Crippen LogP contribution in [0.4, 0.5) is 0 Å². The topological polar surface area (TPSA) is 43.7 Å². The second-order valence-electron chi connectivity index (χ2n) is 5.38. The van der Waals surface area contributed by atoms with Gasteiger partial charge in [-0.1, -0.05) is 31.2 Å². The van der Waals surface area contributed by atoms with Gasteiger partial charge in [0, 0.05) is 6.54 Å². The van der Waals surface area contributed by atoms with E-state index in [1.165, 1.54) is 19.3 Å². The summed E-state index contributed by atoms with van der Waals surface area (Å²) >= 11 is 0. The zero-order chi connectivity index (χ0) is 13.0. The molecule has 0 radical (unpaired) electrons. The number of hydrogen-bond donors (Lipinski definition) is 2. The molecular weight excluding hydrogens is 225 g/mol. The molecule has 4 heteroatoms. The monoisotopic (exact) mass is 247 g/mol. The van der Waals surface area contributed by atoms with Crippen molar-refractivity contribution in [3.05, 3.63) is 29.8 Å². The molecule has 98 valence electrons. The zero-order valence-electron chi connectivity index (χ0n) is 11.0. The van der Waals surface area contributed by atoms with E-state index in [1.54, 1.807) is 6.07 Å². The third kappa shape index (κ3) is 3.58. The fraction of sp³-hybridized carbons (Fsp3) is 0.571. The van der Waals surface area contributed by atoms with E-state index in [1.807, 2.05) is 18.2 Å². The van der Waals surface area contributed by atoms with Crippen molar-refractivity contribution in [1.82, 2.24) is 4.90 Å². The summed E-state index contributed by atoms with van der Waals surface area (Å²) in [6, 6.07) is 7.59. The second-order valence-corrected chi connectivity index (χ2v) is 5.38. The summed E-state index contributed by atoms with van der Waals surface area (Å²) in [6.45, 7) is 5.35. The average Bonchev–Trinajstić information content (AvgIpc) is 2.55. The maximum atomic E-state index is 9.37. The Morgan fingerprint density at radius 1 is 1.22 bits per heavy atom.